The molecule has 0 fully saturated rings. The Hall–Kier alpha value is -2.33. The standard InChI is InChI=1S/C18H19NO3/c1-22-16-8-7-13-9-10-19(12-15(13)11-16)18(21)17(20)14-5-3-2-4-6-14/h2-8,11,17,20H,9-10,12H2,1H3. The Balaban J connectivity index is 1.77. The predicted octanol–water partition coefficient (Wildman–Crippen LogP) is 2.31. The summed E-state index contributed by atoms with van der Waals surface area (Å²) in [6, 6.07) is 15.0. The molecule has 2 aromatic rings. The Kier molecular flexibility index (Phi) is 4.11. The minimum Gasteiger partial charge on any atom is -0.497 e. The van der Waals surface area contributed by atoms with Gasteiger partial charge < -0.3 is 14.7 Å². The quantitative estimate of drug-likeness (QED) is 0.946. The molecule has 1 amide bonds. The lowest BCUT2D eigenvalue weighted by Gasteiger charge is -2.30. The second kappa shape index (κ2) is 6.20. The van der Waals surface area contributed by atoms with Crippen molar-refractivity contribution in [1.29, 1.82) is 0 Å². The molecular weight excluding hydrogens is 278 g/mol. The van der Waals surface area contributed by atoms with Gasteiger partial charge in [-0.2, -0.15) is 0 Å². The van der Waals surface area contributed by atoms with Crippen LogP contribution in [0.15, 0.2) is 48.5 Å². The monoisotopic (exact) mass is 297 g/mol. The summed E-state index contributed by atoms with van der Waals surface area (Å²) in [6.45, 7) is 1.14. The van der Waals surface area contributed by atoms with Gasteiger partial charge in [-0.25, -0.2) is 0 Å². The van der Waals surface area contributed by atoms with E-state index in [9.17, 15) is 9.90 Å². The molecule has 4 nitrogen and oxygen atoms in total. The lowest BCUT2D eigenvalue weighted by Crippen LogP contribution is -2.39. The Bertz CT molecular complexity index is 669. The topological polar surface area (TPSA) is 49.8 Å². The van der Waals surface area contributed by atoms with Gasteiger partial charge in [0.05, 0.1) is 7.11 Å². The molecule has 1 aliphatic rings. The number of carbonyl (C=O) groups excluding carboxylic acids is 1. The predicted molar refractivity (Wildman–Crippen MR) is 83.5 cm³/mol. The SMILES string of the molecule is COc1ccc2c(c1)CN(C(=O)C(O)c1ccccc1)CC2. The molecule has 4 heteroatoms. The van der Waals surface area contributed by atoms with Crippen LogP contribution < -0.4 is 4.74 Å². The normalized spacial score (nSPS) is 15.1. The average molecular weight is 297 g/mol. The molecule has 0 radical (unpaired) electrons. The molecule has 1 unspecified atom stereocenters. The number of ether oxygens (including phenoxy) is 1. The molecule has 3 rings (SSSR count). The van der Waals surface area contributed by atoms with Crippen LogP contribution >= 0.6 is 0 Å². The number of rotatable bonds is 3. The molecule has 2 aromatic carbocycles. The maximum absolute atomic E-state index is 12.5. The first-order chi connectivity index (χ1) is 10.7. The molecule has 0 saturated carbocycles. The van der Waals surface area contributed by atoms with Crippen LogP contribution in [0.2, 0.25) is 0 Å². The van der Waals surface area contributed by atoms with E-state index in [-0.39, 0.29) is 5.91 Å². The van der Waals surface area contributed by atoms with Crippen LogP contribution in [-0.4, -0.2) is 29.6 Å². The van der Waals surface area contributed by atoms with Crippen molar-refractivity contribution in [2.24, 2.45) is 0 Å². The fraction of sp³-hybridized carbons (Fsp3) is 0.278. The summed E-state index contributed by atoms with van der Waals surface area (Å²) >= 11 is 0. The number of amides is 1. The fourth-order valence-electron chi connectivity index (χ4n) is 2.80. The van der Waals surface area contributed by atoms with Crippen LogP contribution in [0.1, 0.15) is 22.8 Å². The van der Waals surface area contributed by atoms with Crippen molar-refractivity contribution in [1.82, 2.24) is 4.90 Å². The number of fused-ring (bicyclic) bond motifs is 1. The number of benzene rings is 2. The van der Waals surface area contributed by atoms with Gasteiger partial charge in [-0.05, 0) is 35.2 Å². The van der Waals surface area contributed by atoms with Gasteiger partial charge in [-0.1, -0.05) is 36.4 Å². The third kappa shape index (κ3) is 2.83. The molecule has 0 spiro atoms. The maximum atomic E-state index is 12.5. The summed E-state index contributed by atoms with van der Waals surface area (Å²) in [5, 5.41) is 10.3. The first-order valence-corrected chi connectivity index (χ1v) is 7.36. The van der Waals surface area contributed by atoms with Crippen molar-refractivity contribution in [2.45, 2.75) is 19.1 Å². The Morgan fingerprint density at radius 2 is 1.95 bits per heavy atom. The lowest BCUT2D eigenvalue weighted by molar-refractivity contribution is -0.141. The van der Waals surface area contributed by atoms with E-state index in [2.05, 4.69) is 0 Å². The molecule has 22 heavy (non-hydrogen) atoms. The van der Waals surface area contributed by atoms with Gasteiger partial charge in [0.25, 0.3) is 5.91 Å². The van der Waals surface area contributed by atoms with Crippen molar-refractivity contribution < 1.29 is 14.6 Å². The summed E-state index contributed by atoms with van der Waals surface area (Å²) in [6.07, 6.45) is -0.305. The van der Waals surface area contributed by atoms with E-state index in [1.165, 1.54) is 5.56 Å². The minimum absolute atomic E-state index is 0.250. The Morgan fingerprint density at radius 1 is 1.18 bits per heavy atom. The van der Waals surface area contributed by atoms with Gasteiger partial charge in [0.15, 0.2) is 6.10 Å². The third-order valence-electron chi connectivity index (χ3n) is 4.09. The highest BCUT2D eigenvalue weighted by atomic mass is 16.5. The third-order valence-corrected chi connectivity index (χ3v) is 4.09. The first-order valence-electron chi connectivity index (χ1n) is 7.36. The minimum atomic E-state index is -1.10. The summed E-state index contributed by atoms with van der Waals surface area (Å²) in [5.41, 5.74) is 2.95. The fourth-order valence-corrected chi connectivity index (χ4v) is 2.80. The van der Waals surface area contributed by atoms with E-state index in [1.807, 2.05) is 36.4 Å². The number of aliphatic hydroxyl groups is 1. The Morgan fingerprint density at radius 3 is 2.68 bits per heavy atom. The van der Waals surface area contributed by atoms with Gasteiger partial charge in [-0.15, -0.1) is 0 Å². The zero-order valence-electron chi connectivity index (χ0n) is 12.5. The highest BCUT2D eigenvalue weighted by Gasteiger charge is 2.27. The number of methoxy groups -OCH3 is 1. The molecule has 0 aliphatic carbocycles. The van der Waals surface area contributed by atoms with Gasteiger partial charge in [-0.3, -0.25) is 4.79 Å². The summed E-state index contributed by atoms with van der Waals surface area (Å²) in [7, 11) is 1.63. The molecule has 1 atom stereocenters. The smallest absolute Gasteiger partial charge is 0.256 e. The summed E-state index contributed by atoms with van der Waals surface area (Å²) < 4.78 is 5.24. The van der Waals surface area contributed by atoms with Gasteiger partial charge >= 0.3 is 0 Å². The zero-order valence-corrected chi connectivity index (χ0v) is 12.5. The van der Waals surface area contributed by atoms with Crippen LogP contribution in [0.5, 0.6) is 5.75 Å². The van der Waals surface area contributed by atoms with Crippen LogP contribution in [-0.2, 0) is 17.8 Å². The number of hydrogen-bond acceptors (Lipinski definition) is 3. The molecule has 1 N–H and O–H groups in total. The van der Waals surface area contributed by atoms with Crippen molar-refractivity contribution in [3.05, 3.63) is 65.2 Å². The van der Waals surface area contributed by atoms with Gasteiger partial charge in [0, 0.05) is 13.1 Å². The average Bonchev–Trinajstić information content (AvgIpc) is 2.60. The van der Waals surface area contributed by atoms with Crippen LogP contribution in [0, 0.1) is 0 Å². The van der Waals surface area contributed by atoms with E-state index in [0.29, 0.717) is 18.7 Å². The number of carbonyl (C=O) groups is 1. The lowest BCUT2D eigenvalue weighted by atomic mass is 9.98. The molecule has 0 bridgehead atoms. The highest BCUT2D eigenvalue weighted by Crippen LogP contribution is 2.26. The maximum Gasteiger partial charge on any atom is 0.256 e. The number of hydrogen-bond donors (Lipinski definition) is 1. The zero-order chi connectivity index (χ0) is 15.5. The number of nitrogens with zero attached hydrogens (tertiary/aromatic N) is 1. The largest absolute Gasteiger partial charge is 0.497 e. The first kappa shape index (κ1) is 14.6. The molecule has 0 saturated heterocycles. The van der Waals surface area contributed by atoms with Crippen LogP contribution in [0.25, 0.3) is 0 Å². The second-order valence-corrected chi connectivity index (χ2v) is 5.46. The van der Waals surface area contributed by atoms with Gasteiger partial charge in [0.2, 0.25) is 0 Å². The summed E-state index contributed by atoms with van der Waals surface area (Å²) in [4.78, 5) is 14.2. The van der Waals surface area contributed by atoms with Crippen LogP contribution in [0.4, 0.5) is 0 Å². The van der Waals surface area contributed by atoms with Crippen molar-refractivity contribution in [2.75, 3.05) is 13.7 Å². The number of aliphatic hydroxyl groups excluding tert-OH is 1. The van der Waals surface area contributed by atoms with Crippen molar-refractivity contribution in [3.63, 3.8) is 0 Å². The van der Waals surface area contributed by atoms with Crippen LogP contribution in [0.3, 0.4) is 0 Å². The van der Waals surface area contributed by atoms with E-state index >= 15 is 0 Å². The molecular formula is C18H19NO3. The van der Waals surface area contributed by atoms with E-state index in [1.54, 1.807) is 24.1 Å². The Labute approximate surface area is 130 Å². The summed E-state index contributed by atoms with van der Waals surface area (Å²) in [5.74, 6) is 0.538. The van der Waals surface area contributed by atoms with Crippen molar-refractivity contribution in [3.8, 4) is 5.75 Å². The van der Waals surface area contributed by atoms with Crippen molar-refractivity contribution >= 4 is 5.91 Å². The van der Waals surface area contributed by atoms with E-state index < -0.39 is 6.10 Å². The second-order valence-electron chi connectivity index (χ2n) is 5.46. The molecule has 114 valence electrons. The van der Waals surface area contributed by atoms with Gasteiger partial charge in [0.1, 0.15) is 5.75 Å². The molecule has 0 aromatic heterocycles. The van der Waals surface area contributed by atoms with E-state index in [4.69, 9.17) is 4.74 Å². The highest BCUT2D eigenvalue weighted by molar-refractivity contribution is 5.82. The van der Waals surface area contributed by atoms with E-state index in [0.717, 1.165) is 17.7 Å². The molecule has 1 aliphatic heterocycles. The molecule has 1 heterocycles.